The molecule has 1 aromatic heterocycles. The molecule has 0 radical (unpaired) electrons. The maximum absolute atomic E-state index is 12.9. The number of rotatable bonds is 7. The molecule has 1 heterocycles. The molecule has 150 valence electrons. The van der Waals surface area contributed by atoms with Crippen molar-refractivity contribution in [1.82, 2.24) is 4.57 Å². The van der Waals surface area contributed by atoms with Crippen LogP contribution in [0, 0.1) is 0 Å². The molecule has 0 N–H and O–H groups in total. The first-order valence-electron chi connectivity index (χ1n) is 9.67. The second kappa shape index (κ2) is 9.24. The molecule has 5 nitrogen and oxygen atoms in total. The van der Waals surface area contributed by atoms with Crippen LogP contribution in [0.2, 0.25) is 0 Å². The smallest absolute Gasteiger partial charge is 0.340 e. The molecule has 29 heavy (non-hydrogen) atoms. The van der Waals surface area contributed by atoms with Gasteiger partial charge in [-0.25, -0.2) is 9.59 Å². The fraction of sp³-hybridized carbons (Fsp3) is 0.250. The number of carbonyl (C=O) groups excluding carboxylic acids is 2. The molecule has 0 amide bonds. The minimum Gasteiger partial charge on any atom is -0.465 e. The zero-order chi connectivity index (χ0) is 20.8. The number of benzene rings is 2. The Kier molecular flexibility index (Phi) is 6.50. The summed E-state index contributed by atoms with van der Waals surface area (Å²) >= 11 is 0. The topological polar surface area (TPSA) is 57.5 Å². The van der Waals surface area contributed by atoms with Gasteiger partial charge in [0.25, 0.3) is 0 Å². The van der Waals surface area contributed by atoms with Gasteiger partial charge in [-0.05, 0) is 17.5 Å². The van der Waals surface area contributed by atoms with E-state index in [2.05, 4.69) is 6.92 Å². The lowest BCUT2D eigenvalue weighted by molar-refractivity contribution is 0.0558. The zero-order valence-corrected chi connectivity index (χ0v) is 17.0. The Morgan fingerprint density at radius 3 is 1.52 bits per heavy atom. The quantitative estimate of drug-likeness (QED) is 0.520. The molecular weight excluding hydrogens is 366 g/mol. The maximum atomic E-state index is 12.9. The van der Waals surface area contributed by atoms with Crippen molar-refractivity contribution in [2.24, 2.45) is 0 Å². The first-order chi connectivity index (χ1) is 14.1. The Morgan fingerprint density at radius 1 is 0.759 bits per heavy atom. The van der Waals surface area contributed by atoms with Crippen LogP contribution in [0.4, 0.5) is 0 Å². The standard InChI is InChI=1S/C24H25NO4/c1-4-5-16-25-21(17-12-8-6-9-13-17)19(23(26)28-2)20(24(27)29-3)22(25)18-14-10-7-11-15-18/h6-15H,4-5,16H2,1-3H3. The van der Waals surface area contributed by atoms with Crippen LogP contribution in [0.1, 0.15) is 40.5 Å². The van der Waals surface area contributed by atoms with E-state index in [1.807, 2.05) is 65.2 Å². The number of hydrogen-bond acceptors (Lipinski definition) is 4. The van der Waals surface area contributed by atoms with Gasteiger partial charge >= 0.3 is 11.9 Å². The van der Waals surface area contributed by atoms with Gasteiger partial charge in [-0.15, -0.1) is 0 Å². The molecule has 0 atom stereocenters. The Hall–Kier alpha value is -3.34. The van der Waals surface area contributed by atoms with Crippen molar-refractivity contribution in [3.63, 3.8) is 0 Å². The van der Waals surface area contributed by atoms with Crippen molar-refractivity contribution >= 4 is 11.9 Å². The predicted molar refractivity (Wildman–Crippen MR) is 113 cm³/mol. The molecular formula is C24H25NO4. The van der Waals surface area contributed by atoms with Crippen LogP contribution < -0.4 is 0 Å². The fourth-order valence-corrected chi connectivity index (χ4v) is 3.55. The highest BCUT2D eigenvalue weighted by atomic mass is 16.5. The number of nitrogens with zero attached hydrogens (tertiary/aromatic N) is 1. The third kappa shape index (κ3) is 3.94. The lowest BCUT2D eigenvalue weighted by Crippen LogP contribution is -2.11. The summed E-state index contributed by atoms with van der Waals surface area (Å²) in [6, 6.07) is 19.2. The number of ether oxygens (including phenoxy) is 2. The minimum absolute atomic E-state index is 0.237. The summed E-state index contributed by atoms with van der Waals surface area (Å²) in [6.07, 6.45) is 1.87. The predicted octanol–water partition coefficient (Wildman–Crippen LogP) is 5.20. The Bertz CT molecular complexity index is 914. The number of hydrogen-bond donors (Lipinski definition) is 0. The third-order valence-electron chi connectivity index (χ3n) is 4.87. The highest BCUT2D eigenvalue weighted by Crippen LogP contribution is 2.38. The van der Waals surface area contributed by atoms with E-state index in [0.29, 0.717) is 17.9 Å². The normalized spacial score (nSPS) is 10.6. The summed E-state index contributed by atoms with van der Waals surface area (Å²) < 4.78 is 12.2. The summed E-state index contributed by atoms with van der Waals surface area (Å²) in [5.74, 6) is -1.12. The third-order valence-corrected chi connectivity index (χ3v) is 4.87. The van der Waals surface area contributed by atoms with Crippen molar-refractivity contribution in [2.45, 2.75) is 26.3 Å². The molecule has 0 aliphatic heterocycles. The number of unbranched alkanes of at least 4 members (excludes halogenated alkanes) is 1. The van der Waals surface area contributed by atoms with Crippen LogP contribution in [0.25, 0.3) is 22.5 Å². The second-order valence-corrected chi connectivity index (χ2v) is 6.67. The van der Waals surface area contributed by atoms with E-state index >= 15 is 0 Å². The van der Waals surface area contributed by atoms with Gasteiger partial charge in [0, 0.05) is 6.54 Å². The summed E-state index contributed by atoms with van der Waals surface area (Å²) in [5.41, 5.74) is 3.50. The zero-order valence-electron chi connectivity index (χ0n) is 17.0. The Morgan fingerprint density at radius 2 is 1.17 bits per heavy atom. The summed E-state index contributed by atoms with van der Waals surface area (Å²) in [5, 5.41) is 0. The van der Waals surface area contributed by atoms with E-state index in [9.17, 15) is 9.59 Å². The molecule has 2 aromatic carbocycles. The molecule has 0 aliphatic carbocycles. The highest BCUT2D eigenvalue weighted by molar-refractivity contribution is 6.12. The summed E-state index contributed by atoms with van der Waals surface area (Å²) in [6.45, 7) is 2.77. The average molecular weight is 391 g/mol. The van der Waals surface area contributed by atoms with Crippen LogP contribution in [-0.4, -0.2) is 30.7 Å². The molecule has 0 saturated carbocycles. The van der Waals surface area contributed by atoms with E-state index in [0.717, 1.165) is 24.0 Å². The van der Waals surface area contributed by atoms with Gasteiger partial charge in [-0.3, -0.25) is 0 Å². The van der Waals surface area contributed by atoms with Gasteiger partial charge in [0.2, 0.25) is 0 Å². The number of esters is 2. The highest BCUT2D eigenvalue weighted by Gasteiger charge is 2.33. The Balaban J connectivity index is 2.46. The van der Waals surface area contributed by atoms with Gasteiger partial charge in [-0.1, -0.05) is 74.0 Å². The van der Waals surface area contributed by atoms with Crippen LogP contribution in [-0.2, 0) is 16.0 Å². The van der Waals surface area contributed by atoms with E-state index in [-0.39, 0.29) is 11.1 Å². The monoisotopic (exact) mass is 391 g/mol. The lowest BCUT2D eigenvalue weighted by Gasteiger charge is -2.14. The van der Waals surface area contributed by atoms with E-state index < -0.39 is 11.9 Å². The number of aromatic nitrogens is 1. The van der Waals surface area contributed by atoms with Crippen molar-refractivity contribution in [1.29, 1.82) is 0 Å². The van der Waals surface area contributed by atoms with Crippen molar-refractivity contribution in [3.8, 4) is 22.5 Å². The molecule has 3 aromatic rings. The van der Waals surface area contributed by atoms with Crippen LogP contribution in [0.5, 0.6) is 0 Å². The van der Waals surface area contributed by atoms with Gasteiger partial charge in [0.15, 0.2) is 0 Å². The van der Waals surface area contributed by atoms with Crippen molar-refractivity contribution in [3.05, 3.63) is 71.8 Å². The number of methoxy groups -OCH3 is 2. The van der Waals surface area contributed by atoms with E-state index in [1.54, 1.807) is 0 Å². The molecule has 5 heteroatoms. The molecule has 3 rings (SSSR count). The fourth-order valence-electron chi connectivity index (χ4n) is 3.55. The summed E-state index contributed by atoms with van der Waals surface area (Å²) in [4.78, 5) is 25.8. The van der Waals surface area contributed by atoms with Gasteiger partial charge < -0.3 is 14.0 Å². The van der Waals surface area contributed by atoms with Gasteiger partial charge in [-0.2, -0.15) is 0 Å². The minimum atomic E-state index is -0.559. The molecule has 0 saturated heterocycles. The molecule has 0 fully saturated rings. The Labute approximate surface area is 170 Å². The first-order valence-corrected chi connectivity index (χ1v) is 9.67. The number of carbonyl (C=O) groups is 2. The SMILES string of the molecule is CCCCn1c(-c2ccccc2)c(C(=O)OC)c(C(=O)OC)c1-c1ccccc1. The lowest BCUT2D eigenvalue weighted by atomic mass is 10.0. The molecule has 0 unspecified atom stereocenters. The van der Waals surface area contributed by atoms with Gasteiger partial charge in [0.05, 0.1) is 25.6 Å². The van der Waals surface area contributed by atoms with Crippen LogP contribution >= 0.6 is 0 Å². The van der Waals surface area contributed by atoms with E-state index in [1.165, 1.54) is 14.2 Å². The van der Waals surface area contributed by atoms with Crippen LogP contribution in [0.15, 0.2) is 60.7 Å². The molecule has 0 spiro atoms. The average Bonchev–Trinajstić information content (AvgIpc) is 3.12. The first kappa shape index (κ1) is 20.4. The van der Waals surface area contributed by atoms with Crippen molar-refractivity contribution in [2.75, 3.05) is 14.2 Å². The molecule has 0 aliphatic rings. The van der Waals surface area contributed by atoms with Crippen molar-refractivity contribution < 1.29 is 19.1 Å². The maximum Gasteiger partial charge on any atom is 0.340 e. The van der Waals surface area contributed by atoms with Crippen LogP contribution in [0.3, 0.4) is 0 Å². The van der Waals surface area contributed by atoms with Gasteiger partial charge in [0.1, 0.15) is 11.1 Å². The molecule has 0 bridgehead atoms. The summed E-state index contributed by atoms with van der Waals surface area (Å²) in [7, 11) is 2.65. The largest absolute Gasteiger partial charge is 0.465 e. The van der Waals surface area contributed by atoms with E-state index in [4.69, 9.17) is 9.47 Å². The second-order valence-electron chi connectivity index (χ2n) is 6.67.